The Morgan fingerprint density at radius 3 is 2.34 bits per heavy atom. The average Bonchev–Trinajstić information content (AvgIpc) is 2.83. The number of rotatable bonds is 0. The van der Waals surface area contributed by atoms with E-state index in [1.54, 1.807) is 0 Å². The molecule has 0 bridgehead atoms. The molecule has 6 aliphatic rings. The van der Waals surface area contributed by atoms with Crippen LogP contribution in [-0.2, 0) is 16.0 Å². The largest absolute Gasteiger partial charge is 0.309 e. The second kappa shape index (κ2) is 7.50. The summed E-state index contributed by atoms with van der Waals surface area (Å²) in [4.78, 5) is 27.5. The van der Waals surface area contributed by atoms with Crippen LogP contribution in [0.25, 0.3) is 0 Å². The summed E-state index contributed by atoms with van der Waals surface area (Å²) in [5.41, 5.74) is 2.71. The molecular formula is C28H36N2O2. The lowest BCUT2D eigenvalue weighted by Crippen LogP contribution is -2.68. The van der Waals surface area contributed by atoms with Crippen LogP contribution in [0.5, 0.6) is 0 Å². The Morgan fingerprint density at radius 2 is 1.47 bits per heavy atom. The highest BCUT2D eigenvalue weighted by Crippen LogP contribution is 2.50. The molecule has 4 nitrogen and oxygen atoms in total. The van der Waals surface area contributed by atoms with Crippen molar-refractivity contribution < 1.29 is 9.59 Å². The van der Waals surface area contributed by atoms with Crippen molar-refractivity contribution >= 4 is 11.6 Å². The Kier molecular flexibility index (Phi) is 4.66. The van der Waals surface area contributed by atoms with Crippen molar-refractivity contribution in [3.63, 3.8) is 0 Å². The Labute approximate surface area is 191 Å². The molecular weight excluding hydrogens is 396 g/mol. The number of carbonyl (C=O) groups is 2. The standard InChI is InChI=1S/C28H36N2O2/c31-27-19-11-9-15-5-1-3-7-17(15)25(19)29-23-13-22-24(14-21(23)27)30-26-18-8-4-2-6-16(18)10-12-20(26)28(22)32/h1,3,5,7,16,18-26,29-30H,2,4,6,8-14H2. The summed E-state index contributed by atoms with van der Waals surface area (Å²) in [5, 5.41) is 7.94. The van der Waals surface area contributed by atoms with Crippen molar-refractivity contribution in [3.8, 4) is 0 Å². The maximum atomic E-state index is 13.8. The summed E-state index contributed by atoms with van der Waals surface area (Å²) in [5.74, 6) is 2.99. The van der Waals surface area contributed by atoms with E-state index in [1.165, 1.54) is 43.2 Å². The van der Waals surface area contributed by atoms with Crippen LogP contribution in [0, 0.1) is 35.5 Å². The fraction of sp³-hybridized carbons (Fsp3) is 0.714. The summed E-state index contributed by atoms with van der Waals surface area (Å²) in [7, 11) is 0. The molecule has 170 valence electrons. The first-order chi connectivity index (χ1) is 15.7. The van der Waals surface area contributed by atoms with Crippen LogP contribution in [0.1, 0.15) is 75.0 Å². The van der Waals surface area contributed by atoms with E-state index < -0.39 is 0 Å². The molecule has 7 rings (SSSR count). The zero-order valence-corrected chi connectivity index (χ0v) is 19.0. The minimum absolute atomic E-state index is 0.0744. The van der Waals surface area contributed by atoms with E-state index in [0.29, 0.717) is 23.5 Å². The van der Waals surface area contributed by atoms with Gasteiger partial charge < -0.3 is 10.6 Å². The van der Waals surface area contributed by atoms with Crippen molar-refractivity contribution in [2.45, 2.75) is 88.4 Å². The molecule has 32 heavy (non-hydrogen) atoms. The van der Waals surface area contributed by atoms with Gasteiger partial charge in [-0.2, -0.15) is 0 Å². The average molecular weight is 433 g/mol. The Balaban J connectivity index is 1.16. The van der Waals surface area contributed by atoms with Crippen molar-refractivity contribution in [2.75, 3.05) is 0 Å². The predicted molar refractivity (Wildman–Crippen MR) is 123 cm³/mol. The van der Waals surface area contributed by atoms with Gasteiger partial charge in [-0.25, -0.2) is 0 Å². The van der Waals surface area contributed by atoms with Gasteiger partial charge in [0, 0.05) is 47.8 Å². The summed E-state index contributed by atoms with van der Waals surface area (Å²) >= 11 is 0. The maximum absolute atomic E-state index is 13.8. The number of Topliss-reactive ketones (excluding diaryl/α,β-unsaturated/α-hetero) is 2. The summed E-state index contributed by atoms with van der Waals surface area (Å²) in [6.07, 6.45) is 11.4. The molecule has 2 aliphatic heterocycles. The fourth-order valence-corrected chi connectivity index (χ4v) is 9.00. The second-order valence-corrected chi connectivity index (χ2v) is 11.8. The van der Waals surface area contributed by atoms with E-state index in [4.69, 9.17) is 0 Å². The lowest BCUT2D eigenvalue weighted by Gasteiger charge is -2.56. The molecule has 2 heterocycles. The van der Waals surface area contributed by atoms with Crippen molar-refractivity contribution in [3.05, 3.63) is 35.4 Å². The molecule has 10 unspecified atom stereocenters. The zero-order valence-electron chi connectivity index (χ0n) is 19.0. The molecule has 0 aromatic heterocycles. The van der Waals surface area contributed by atoms with Gasteiger partial charge >= 0.3 is 0 Å². The van der Waals surface area contributed by atoms with E-state index in [1.807, 2.05) is 0 Å². The van der Waals surface area contributed by atoms with Gasteiger partial charge in [0.15, 0.2) is 0 Å². The Bertz CT molecular complexity index is 943. The molecule has 2 saturated heterocycles. The molecule has 4 aliphatic carbocycles. The van der Waals surface area contributed by atoms with Crippen LogP contribution in [0.3, 0.4) is 0 Å². The van der Waals surface area contributed by atoms with Crippen LogP contribution in [0.15, 0.2) is 24.3 Å². The minimum atomic E-state index is 0.0744. The third-order valence-corrected chi connectivity index (χ3v) is 10.5. The second-order valence-electron chi connectivity index (χ2n) is 11.8. The maximum Gasteiger partial charge on any atom is 0.142 e. The molecule has 5 fully saturated rings. The molecule has 4 heteroatoms. The summed E-state index contributed by atoms with van der Waals surface area (Å²) in [6, 6.07) is 9.53. The van der Waals surface area contributed by atoms with E-state index in [0.717, 1.165) is 38.0 Å². The van der Waals surface area contributed by atoms with E-state index in [2.05, 4.69) is 34.9 Å². The molecule has 3 saturated carbocycles. The highest BCUT2D eigenvalue weighted by atomic mass is 16.1. The number of fused-ring (bicyclic) bond motifs is 8. The number of aryl methyl sites for hydroxylation is 1. The van der Waals surface area contributed by atoms with Gasteiger partial charge in [0.2, 0.25) is 0 Å². The minimum Gasteiger partial charge on any atom is -0.309 e. The zero-order chi connectivity index (χ0) is 21.4. The molecule has 10 atom stereocenters. The number of ketones is 2. The van der Waals surface area contributed by atoms with Crippen molar-refractivity contribution in [2.24, 2.45) is 35.5 Å². The fourth-order valence-electron chi connectivity index (χ4n) is 9.00. The molecule has 1 aromatic rings. The van der Waals surface area contributed by atoms with E-state index >= 15 is 0 Å². The monoisotopic (exact) mass is 432 g/mol. The van der Waals surface area contributed by atoms with Crippen LogP contribution in [0.4, 0.5) is 0 Å². The summed E-state index contributed by atoms with van der Waals surface area (Å²) in [6.45, 7) is 0. The quantitative estimate of drug-likeness (QED) is 0.651. The molecule has 0 amide bonds. The van der Waals surface area contributed by atoms with Crippen molar-refractivity contribution in [1.29, 1.82) is 0 Å². The van der Waals surface area contributed by atoms with Crippen LogP contribution in [-0.4, -0.2) is 29.7 Å². The van der Waals surface area contributed by atoms with Gasteiger partial charge in [-0.15, -0.1) is 0 Å². The van der Waals surface area contributed by atoms with Crippen LogP contribution in [0.2, 0.25) is 0 Å². The molecule has 2 N–H and O–H groups in total. The lowest BCUT2D eigenvalue weighted by molar-refractivity contribution is -0.145. The molecule has 1 aromatic carbocycles. The number of nitrogens with one attached hydrogen (secondary N) is 2. The van der Waals surface area contributed by atoms with E-state index in [-0.39, 0.29) is 41.8 Å². The SMILES string of the molecule is O=C1C2CC3NC4C(CCC5CCCCC54)C(=O)C3CC2NC2c3ccccc3CCC12. The first kappa shape index (κ1) is 19.9. The number of carbonyl (C=O) groups excluding carboxylic acids is 2. The predicted octanol–water partition coefficient (Wildman–Crippen LogP) is 3.98. The normalized spacial score (nSPS) is 47.2. The third-order valence-electron chi connectivity index (χ3n) is 10.5. The van der Waals surface area contributed by atoms with Crippen LogP contribution >= 0.6 is 0 Å². The highest BCUT2D eigenvalue weighted by molar-refractivity contribution is 5.89. The first-order valence-electron chi connectivity index (χ1n) is 13.4. The number of piperidine rings is 2. The molecule has 0 radical (unpaired) electrons. The number of hydrogen-bond acceptors (Lipinski definition) is 4. The first-order valence-corrected chi connectivity index (χ1v) is 13.4. The van der Waals surface area contributed by atoms with Gasteiger partial charge in [0.1, 0.15) is 11.6 Å². The number of hydrogen-bond donors (Lipinski definition) is 2. The van der Waals surface area contributed by atoms with Gasteiger partial charge in [-0.1, -0.05) is 43.5 Å². The van der Waals surface area contributed by atoms with Gasteiger partial charge in [-0.05, 0) is 67.9 Å². The summed E-state index contributed by atoms with van der Waals surface area (Å²) < 4.78 is 0. The topological polar surface area (TPSA) is 58.2 Å². The van der Waals surface area contributed by atoms with Crippen molar-refractivity contribution in [1.82, 2.24) is 10.6 Å². The Hall–Kier alpha value is -1.52. The van der Waals surface area contributed by atoms with Gasteiger partial charge in [0.25, 0.3) is 0 Å². The van der Waals surface area contributed by atoms with Gasteiger partial charge in [0.05, 0.1) is 0 Å². The van der Waals surface area contributed by atoms with Gasteiger partial charge in [-0.3, -0.25) is 9.59 Å². The highest BCUT2D eigenvalue weighted by Gasteiger charge is 2.56. The lowest BCUT2D eigenvalue weighted by atomic mass is 9.57. The third kappa shape index (κ3) is 2.88. The molecule has 0 spiro atoms. The smallest absolute Gasteiger partial charge is 0.142 e. The van der Waals surface area contributed by atoms with Crippen LogP contribution < -0.4 is 10.6 Å². The van der Waals surface area contributed by atoms with E-state index in [9.17, 15) is 9.59 Å². The number of benzene rings is 1. The Morgan fingerprint density at radius 1 is 0.719 bits per heavy atom.